The standard InChI is InChI=1S/C23H26N4O5S3/c1-17-4-2-3-5-19(17)16-34(29,30)27-13-10-18(11-14-27)22(28)25-20-6-8-21(9-7-20)35(31,32)26-23-24-12-15-33-23/h2-9,12,15,18H,10-11,13-14,16H2,1H3,(H,24,26)(H,25,28). The molecule has 1 fully saturated rings. The summed E-state index contributed by atoms with van der Waals surface area (Å²) in [7, 11) is -7.24. The third-order valence-electron chi connectivity index (χ3n) is 5.90. The number of nitrogens with one attached hydrogen (secondary N) is 2. The van der Waals surface area contributed by atoms with Gasteiger partial charge in [0.15, 0.2) is 5.13 Å². The van der Waals surface area contributed by atoms with Gasteiger partial charge in [-0.05, 0) is 55.2 Å². The second-order valence-corrected chi connectivity index (χ2v) is 12.9. The van der Waals surface area contributed by atoms with Crippen LogP contribution in [-0.4, -0.2) is 45.1 Å². The first-order valence-electron chi connectivity index (χ1n) is 11.0. The zero-order chi connectivity index (χ0) is 25.1. The molecule has 2 aromatic carbocycles. The molecule has 12 heteroatoms. The molecule has 0 saturated carbocycles. The fourth-order valence-corrected chi connectivity index (χ4v) is 7.32. The van der Waals surface area contributed by atoms with Gasteiger partial charge in [-0.3, -0.25) is 9.52 Å². The van der Waals surface area contributed by atoms with Crippen LogP contribution in [0.5, 0.6) is 0 Å². The monoisotopic (exact) mass is 534 g/mol. The minimum absolute atomic E-state index is 0.0524. The van der Waals surface area contributed by atoms with Crippen LogP contribution in [-0.2, 0) is 30.6 Å². The Balaban J connectivity index is 1.31. The number of sulfonamides is 2. The number of amides is 1. The first kappa shape index (κ1) is 25.3. The topological polar surface area (TPSA) is 126 Å². The van der Waals surface area contributed by atoms with Crippen molar-refractivity contribution in [1.82, 2.24) is 9.29 Å². The Morgan fingerprint density at radius 1 is 1.06 bits per heavy atom. The van der Waals surface area contributed by atoms with Crippen molar-refractivity contribution in [1.29, 1.82) is 0 Å². The number of hydrogen-bond acceptors (Lipinski definition) is 7. The lowest BCUT2D eigenvalue weighted by molar-refractivity contribution is -0.120. The predicted molar refractivity (Wildman–Crippen MR) is 136 cm³/mol. The third-order valence-corrected chi connectivity index (χ3v) is 9.90. The molecule has 0 radical (unpaired) electrons. The van der Waals surface area contributed by atoms with Crippen LogP contribution in [0.3, 0.4) is 0 Å². The molecule has 0 unspecified atom stereocenters. The van der Waals surface area contributed by atoms with Crippen molar-refractivity contribution in [3.8, 4) is 0 Å². The van der Waals surface area contributed by atoms with Crippen LogP contribution in [0.1, 0.15) is 24.0 Å². The minimum atomic E-state index is -3.77. The van der Waals surface area contributed by atoms with Gasteiger partial charge in [0.25, 0.3) is 10.0 Å². The van der Waals surface area contributed by atoms with E-state index in [1.807, 2.05) is 31.2 Å². The molecule has 1 aromatic heterocycles. The zero-order valence-corrected chi connectivity index (χ0v) is 21.5. The number of carbonyl (C=O) groups excluding carboxylic acids is 1. The van der Waals surface area contributed by atoms with Crippen molar-refractivity contribution >= 4 is 48.1 Å². The first-order chi connectivity index (χ1) is 16.6. The van der Waals surface area contributed by atoms with E-state index >= 15 is 0 Å². The highest BCUT2D eigenvalue weighted by atomic mass is 32.2. The van der Waals surface area contributed by atoms with E-state index in [2.05, 4.69) is 15.0 Å². The fourth-order valence-electron chi connectivity index (χ4n) is 3.87. The molecule has 1 aliphatic rings. The van der Waals surface area contributed by atoms with E-state index in [1.54, 1.807) is 5.38 Å². The Hall–Kier alpha value is -2.80. The van der Waals surface area contributed by atoms with Gasteiger partial charge >= 0.3 is 0 Å². The molecule has 2 N–H and O–H groups in total. The summed E-state index contributed by atoms with van der Waals surface area (Å²) in [6.45, 7) is 2.46. The lowest BCUT2D eigenvalue weighted by Crippen LogP contribution is -2.41. The van der Waals surface area contributed by atoms with Gasteiger partial charge in [0, 0.05) is 36.3 Å². The van der Waals surface area contributed by atoms with E-state index in [1.165, 1.54) is 46.1 Å². The van der Waals surface area contributed by atoms with Gasteiger partial charge in [0.05, 0.1) is 10.6 Å². The molecule has 9 nitrogen and oxygen atoms in total. The van der Waals surface area contributed by atoms with Crippen LogP contribution >= 0.6 is 11.3 Å². The molecule has 3 aromatic rings. The second-order valence-electron chi connectivity index (χ2n) is 8.31. The van der Waals surface area contributed by atoms with Gasteiger partial charge in [-0.25, -0.2) is 26.1 Å². The van der Waals surface area contributed by atoms with E-state index in [-0.39, 0.29) is 40.7 Å². The van der Waals surface area contributed by atoms with E-state index in [0.717, 1.165) is 11.1 Å². The lowest BCUT2D eigenvalue weighted by atomic mass is 9.97. The molecule has 1 amide bonds. The summed E-state index contributed by atoms with van der Waals surface area (Å²) in [4.78, 5) is 16.7. The van der Waals surface area contributed by atoms with Crippen molar-refractivity contribution in [3.63, 3.8) is 0 Å². The Bertz CT molecular complexity index is 1380. The van der Waals surface area contributed by atoms with Crippen LogP contribution in [0, 0.1) is 12.8 Å². The molecule has 186 valence electrons. The number of aromatic nitrogens is 1. The average molecular weight is 535 g/mol. The van der Waals surface area contributed by atoms with Crippen LogP contribution in [0.25, 0.3) is 0 Å². The van der Waals surface area contributed by atoms with Gasteiger partial charge in [-0.15, -0.1) is 11.3 Å². The normalized spacial score (nSPS) is 15.6. The number of benzene rings is 2. The van der Waals surface area contributed by atoms with Gasteiger partial charge in [-0.1, -0.05) is 24.3 Å². The highest BCUT2D eigenvalue weighted by molar-refractivity contribution is 7.93. The van der Waals surface area contributed by atoms with E-state index in [4.69, 9.17) is 0 Å². The maximum atomic E-state index is 12.9. The van der Waals surface area contributed by atoms with Crippen LogP contribution in [0.2, 0.25) is 0 Å². The summed E-state index contributed by atoms with van der Waals surface area (Å²) in [6, 6.07) is 13.3. The molecule has 35 heavy (non-hydrogen) atoms. The molecule has 0 bridgehead atoms. The van der Waals surface area contributed by atoms with Crippen molar-refractivity contribution in [2.24, 2.45) is 5.92 Å². The van der Waals surface area contributed by atoms with Gasteiger partial charge in [-0.2, -0.15) is 0 Å². The number of carbonyl (C=O) groups is 1. The molecular weight excluding hydrogens is 508 g/mol. The number of nitrogens with zero attached hydrogens (tertiary/aromatic N) is 2. The smallest absolute Gasteiger partial charge is 0.263 e. The summed E-state index contributed by atoms with van der Waals surface area (Å²) in [6.07, 6.45) is 2.34. The largest absolute Gasteiger partial charge is 0.326 e. The maximum Gasteiger partial charge on any atom is 0.263 e. The first-order valence-corrected chi connectivity index (χ1v) is 15.0. The van der Waals surface area contributed by atoms with Gasteiger partial charge < -0.3 is 5.32 Å². The van der Waals surface area contributed by atoms with Gasteiger partial charge in [0.2, 0.25) is 15.9 Å². The molecular formula is C23H26N4O5S3. The summed E-state index contributed by atoms with van der Waals surface area (Å²) in [5, 5.41) is 4.74. The number of anilines is 2. The third kappa shape index (κ3) is 6.26. The maximum absolute atomic E-state index is 12.9. The Kier molecular flexibility index (Phi) is 7.55. The number of hydrogen-bond donors (Lipinski definition) is 2. The minimum Gasteiger partial charge on any atom is -0.326 e. The molecule has 2 heterocycles. The van der Waals surface area contributed by atoms with E-state index < -0.39 is 20.0 Å². The van der Waals surface area contributed by atoms with Crippen LogP contribution in [0.4, 0.5) is 10.8 Å². The molecule has 0 aliphatic carbocycles. The number of piperidine rings is 1. The molecule has 4 rings (SSSR count). The van der Waals surface area contributed by atoms with E-state index in [0.29, 0.717) is 18.5 Å². The zero-order valence-electron chi connectivity index (χ0n) is 19.0. The SMILES string of the molecule is Cc1ccccc1CS(=O)(=O)N1CCC(C(=O)Nc2ccc(S(=O)(=O)Nc3nccs3)cc2)CC1. The summed E-state index contributed by atoms with van der Waals surface area (Å²) in [5.41, 5.74) is 2.18. The molecule has 0 spiro atoms. The van der Waals surface area contributed by atoms with Crippen molar-refractivity contribution < 1.29 is 21.6 Å². The summed E-state index contributed by atoms with van der Waals surface area (Å²) < 4.78 is 54.4. The lowest BCUT2D eigenvalue weighted by Gasteiger charge is -2.30. The van der Waals surface area contributed by atoms with Crippen molar-refractivity contribution in [2.75, 3.05) is 23.1 Å². The number of thiazole rings is 1. The highest BCUT2D eigenvalue weighted by Gasteiger charge is 2.31. The quantitative estimate of drug-likeness (QED) is 0.456. The number of rotatable bonds is 8. The summed E-state index contributed by atoms with van der Waals surface area (Å²) >= 11 is 1.17. The van der Waals surface area contributed by atoms with E-state index in [9.17, 15) is 21.6 Å². The van der Waals surface area contributed by atoms with Gasteiger partial charge in [0.1, 0.15) is 0 Å². The second kappa shape index (κ2) is 10.4. The fraction of sp³-hybridized carbons (Fsp3) is 0.304. The predicted octanol–water partition coefficient (Wildman–Crippen LogP) is 3.43. The van der Waals surface area contributed by atoms with Crippen molar-refractivity contribution in [3.05, 3.63) is 71.2 Å². The highest BCUT2D eigenvalue weighted by Crippen LogP contribution is 2.25. The van der Waals surface area contributed by atoms with Crippen LogP contribution in [0.15, 0.2) is 65.0 Å². The Labute approximate surface area is 209 Å². The van der Waals surface area contributed by atoms with Crippen LogP contribution < -0.4 is 10.0 Å². The molecule has 0 atom stereocenters. The Morgan fingerprint density at radius 3 is 2.37 bits per heavy atom. The molecule has 1 saturated heterocycles. The average Bonchev–Trinajstić information content (AvgIpc) is 3.33. The van der Waals surface area contributed by atoms with Crippen molar-refractivity contribution in [2.45, 2.75) is 30.4 Å². The Morgan fingerprint density at radius 2 is 1.74 bits per heavy atom. The summed E-state index contributed by atoms with van der Waals surface area (Å²) in [5.74, 6) is -0.587. The molecule has 1 aliphatic heterocycles. The number of aryl methyl sites for hydroxylation is 1.